The molecule has 1 rings (SSSR count). The lowest BCUT2D eigenvalue weighted by Gasteiger charge is -2.05. The molecule has 0 atom stereocenters. The van der Waals surface area contributed by atoms with Gasteiger partial charge in [-0.05, 0) is 24.6 Å². The molecule has 0 heterocycles. The predicted octanol–water partition coefficient (Wildman–Crippen LogP) is 2.49. The number of nitrogen functional groups attached to an aromatic ring is 1. The average molecular weight is 214 g/mol. The molecule has 0 radical (unpaired) electrons. The molecular weight excluding hydrogens is 202 g/mol. The second-order valence-electron chi connectivity index (χ2n) is 2.87. The molecule has 0 bridgehead atoms. The number of esters is 1. The first kappa shape index (κ1) is 10.9. The van der Waals surface area contributed by atoms with Crippen molar-refractivity contribution in [3.05, 3.63) is 28.8 Å². The number of nitrogens with two attached hydrogens (primary N) is 1. The van der Waals surface area contributed by atoms with Gasteiger partial charge in [-0.1, -0.05) is 18.5 Å². The van der Waals surface area contributed by atoms with Crippen LogP contribution in [0.2, 0.25) is 5.02 Å². The minimum atomic E-state index is -0.402. The Labute approximate surface area is 87.8 Å². The van der Waals surface area contributed by atoms with E-state index in [9.17, 15) is 4.79 Å². The third-order valence-electron chi connectivity index (χ3n) is 1.67. The van der Waals surface area contributed by atoms with Gasteiger partial charge in [0.15, 0.2) is 0 Å². The van der Waals surface area contributed by atoms with Gasteiger partial charge in [0.25, 0.3) is 0 Å². The molecule has 0 spiro atoms. The van der Waals surface area contributed by atoms with Gasteiger partial charge >= 0.3 is 5.97 Å². The van der Waals surface area contributed by atoms with Crippen LogP contribution in [0.5, 0.6) is 0 Å². The highest BCUT2D eigenvalue weighted by Crippen LogP contribution is 2.18. The minimum Gasteiger partial charge on any atom is -0.462 e. The fraction of sp³-hybridized carbons (Fsp3) is 0.300. The molecule has 0 saturated heterocycles. The van der Waals surface area contributed by atoms with Crippen molar-refractivity contribution in [3.63, 3.8) is 0 Å². The van der Waals surface area contributed by atoms with E-state index in [-0.39, 0.29) is 0 Å². The lowest BCUT2D eigenvalue weighted by atomic mass is 10.2. The first-order valence-electron chi connectivity index (χ1n) is 4.37. The van der Waals surface area contributed by atoms with E-state index < -0.39 is 5.97 Å². The Kier molecular flexibility index (Phi) is 3.77. The highest BCUT2D eigenvalue weighted by molar-refractivity contribution is 6.31. The van der Waals surface area contributed by atoms with E-state index in [2.05, 4.69) is 0 Å². The van der Waals surface area contributed by atoms with Crippen molar-refractivity contribution in [1.29, 1.82) is 0 Å². The SMILES string of the molecule is CCCOC(=O)c1ccc(Cl)cc1N. The number of hydrogen-bond acceptors (Lipinski definition) is 3. The van der Waals surface area contributed by atoms with Crippen LogP contribution in [-0.2, 0) is 4.74 Å². The molecule has 14 heavy (non-hydrogen) atoms. The van der Waals surface area contributed by atoms with Gasteiger partial charge in [-0.15, -0.1) is 0 Å². The number of carbonyl (C=O) groups excluding carboxylic acids is 1. The van der Waals surface area contributed by atoms with Crippen molar-refractivity contribution in [1.82, 2.24) is 0 Å². The summed E-state index contributed by atoms with van der Waals surface area (Å²) in [5.41, 5.74) is 6.32. The smallest absolute Gasteiger partial charge is 0.340 e. The summed E-state index contributed by atoms with van der Waals surface area (Å²) in [5, 5.41) is 0.509. The quantitative estimate of drug-likeness (QED) is 0.620. The van der Waals surface area contributed by atoms with Gasteiger partial charge in [-0.2, -0.15) is 0 Å². The largest absolute Gasteiger partial charge is 0.462 e. The molecule has 0 fully saturated rings. The Morgan fingerprint density at radius 1 is 1.57 bits per heavy atom. The summed E-state index contributed by atoms with van der Waals surface area (Å²) in [6, 6.07) is 4.71. The van der Waals surface area contributed by atoms with E-state index in [1.807, 2.05) is 6.92 Å². The van der Waals surface area contributed by atoms with Crippen molar-refractivity contribution in [2.24, 2.45) is 0 Å². The molecule has 76 valence electrons. The van der Waals surface area contributed by atoms with Crippen molar-refractivity contribution >= 4 is 23.3 Å². The zero-order valence-electron chi connectivity index (χ0n) is 7.92. The highest BCUT2D eigenvalue weighted by atomic mass is 35.5. The molecular formula is C10H12ClNO2. The molecule has 0 amide bonds. The maximum atomic E-state index is 11.4. The lowest BCUT2D eigenvalue weighted by Crippen LogP contribution is -2.08. The molecule has 0 aliphatic carbocycles. The summed E-state index contributed by atoms with van der Waals surface area (Å²) in [6.45, 7) is 2.33. The van der Waals surface area contributed by atoms with Gasteiger partial charge in [0.05, 0.1) is 12.2 Å². The number of halogens is 1. The standard InChI is InChI=1S/C10H12ClNO2/c1-2-5-14-10(13)8-4-3-7(11)6-9(8)12/h3-4,6H,2,5,12H2,1H3. The van der Waals surface area contributed by atoms with Gasteiger partial charge in [0, 0.05) is 10.7 Å². The summed E-state index contributed by atoms with van der Waals surface area (Å²) < 4.78 is 4.94. The summed E-state index contributed by atoms with van der Waals surface area (Å²) in [7, 11) is 0. The number of hydrogen-bond donors (Lipinski definition) is 1. The van der Waals surface area contributed by atoms with Crippen molar-refractivity contribution in [2.45, 2.75) is 13.3 Å². The maximum absolute atomic E-state index is 11.4. The Morgan fingerprint density at radius 2 is 2.29 bits per heavy atom. The third kappa shape index (κ3) is 2.64. The molecule has 1 aromatic rings. The summed E-state index contributed by atoms with van der Waals surface area (Å²) in [6.07, 6.45) is 0.791. The van der Waals surface area contributed by atoms with Gasteiger partial charge in [0.2, 0.25) is 0 Å². The zero-order valence-corrected chi connectivity index (χ0v) is 8.67. The van der Waals surface area contributed by atoms with E-state index >= 15 is 0 Å². The summed E-state index contributed by atoms with van der Waals surface area (Å²) >= 11 is 5.69. The van der Waals surface area contributed by atoms with Crippen LogP contribution in [0.1, 0.15) is 23.7 Å². The molecule has 1 aromatic carbocycles. The first-order valence-corrected chi connectivity index (χ1v) is 4.75. The van der Waals surface area contributed by atoms with Crippen molar-refractivity contribution < 1.29 is 9.53 Å². The number of ether oxygens (including phenoxy) is 1. The molecule has 0 aliphatic rings. The molecule has 0 saturated carbocycles. The monoisotopic (exact) mass is 213 g/mol. The van der Waals surface area contributed by atoms with Crippen molar-refractivity contribution in [3.8, 4) is 0 Å². The van der Waals surface area contributed by atoms with Crippen LogP contribution in [0.15, 0.2) is 18.2 Å². The van der Waals surface area contributed by atoms with E-state index in [1.54, 1.807) is 12.1 Å². The second kappa shape index (κ2) is 4.86. The molecule has 0 unspecified atom stereocenters. The summed E-state index contributed by atoms with van der Waals surface area (Å²) in [4.78, 5) is 11.4. The molecule has 3 nitrogen and oxygen atoms in total. The van der Waals surface area contributed by atoms with Gasteiger partial charge in [0.1, 0.15) is 0 Å². The fourth-order valence-electron chi connectivity index (χ4n) is 0.992. The fourth-order valence-corrected chi connectivity index (χ4v) is 1.17. The first-order chi connectivity index (χ1) is 6.65. The van der Waals surface area contributed by atoms with E-state index in [1.165, 1.54) is 6.07 Å². The van der Waals surface area contributed by atoms with Crippen LogP contribution in [0.4, 0.5) is 5.69 Å². The van der Waals surface area contributed by atoms with Gasteiger partial charge in [-0.25, -0.2) is 4.79 Å². The number of carbonyl (C=O) groups is 1. The van der Waals surface area contributed by atoms with Crippen LogP contribution in [0.25, 0.3) is 0 Å². The molecule has 0 aromatic heterocycles. The molecule has 0 aliphatic heterocycles. The zero-order chi connectivity index (χ0) is 10.6. The average Bonchev–Trinajstić information content (AvgIpc) is 2.14. The van der Waals surface area contributed by atoms with E-state index in [0.717, 1.165) is 6.42 Å². The van der Waals surface area contributed by atoms with E-state index in [0.29, 0.717) is 22.9 Å². The third-order valence-corrected chi connectivity index (χ3v) is 1.91. The van der Waals surface area contributed by atoms with Crippen LogP contribution in [0.3, 0.4) is 0 Å². The van der Waals surface area contributed by atoms with Crippen LogP contribution >= 0.6 is 11.6 Å². The molecule has 4 heteroatoms. The van der Waals surface area contributed by atoms with Crippen LogP contribution < -0.4 is 5.73 Å². The van der Waals surface area contributed by atoms with Gasteiger partial charge < -0.3 is 10.5 Å². The minimum absolute atomic E-state index is 0.346. The maximum Gasteiger partial charge on any atom is 0.340 e. The normalized spacial score (nSPS) is 9.86. The number of anilines is 1. The Balaban J connectivity index is 2.80. The Hall–Kier alpha value is -1.22. The van der Waals surface area contributed by atoms with E-state index in [4.69, 9.17) is 22.1 Å². The van der Waals surface area contributed by atoms with Crippen LogP contribution in [0, 0.1) is 0 Å². The second-order valence-corrected chi connectivity index (χ2v) is 3.30. The van der Waals surface area contributed by atoms with Gasteiger partial charge in [-0.3, -0.25) is 0 Å². The Morgan fingerprint density at radius 3 is 2.86 bits per heavy atom. The molecule has 2 N–H and O–H groups in total. The number of benzene rings is 1. The number of rotatable bonds is 3. The topological polar surface area (TPSA) is 52.3 Å². The lowest BCUT2D eigenvalue weighted by molar-refractivity contribution is 0.0506. The van der Waals surface area contributed by atoms with Crippen molar-refractivity contribution in [2.75, 3.05) is 12.3 Å². The van der Waals surface area contributed by atoms with Crippen LogP contribution in [-0.4, -0.2) is 12.6 Å². The Bertz CT molecular complexity index is 339. The summed E-state index contributed by atoms with van der Waals surface area (Å²) in [5.74, 6) is -0.402. The predicted molar refractivity (Wildman–Crippen MR) is 56.4 cm³/mol. The highest BCUT2D eigenvalue weighted by Gasteiger charge is 2.10.